The van der Waals surface area contributed by atoms with Crippen molar-refractivity contribution in [1.29, 1.82) is 0 Å². The van der Waals surface area contributed by atoms with Gasteiger partial charge in [0.2, 0.25) is 11.8 Å². The largest absolute Gasteiger partial charge is 0.454 e. The van der Waals surface area contributed by atoms with Gasteiger partial charge in [-0.2, -0.15) is 0 Å². The highest BCUT2D eigenvalue weighted by Crippen LogP contribution is 2.37. The van der Waals surface area contributed by atoms with E-state index in [0.29, 0.717) is 12.8 Å². The summed E-state index contributed by atoms with van der Waals surface area (Å²) in [5.74, 6) is -2.25. The molecule has 0 aromatic heterocycles. The van der Waals surface area contributed by atoms with Gasteiger partial charge in [-0.15, -0.1) is 0 Å². The number of hydrogen-bond donors (Lipinski definition) is 1. The van der Waals surface area contributed by atoms with Crippen molar-refractivity contribution in [2.45, 2.75) is 51.0 Å². The molecule has 1 N–H and O–H groups in total. The number of ether oxygens (including phenoxy) is 1. The van der Waals surface area contributed by atoms with E-state index in [0.717, 1.165) is 42.6 Å². The third-order valence-electron chi connectivity index (χ3n) is 6.29. The fraction of sp³-hybridized carbons (Fsp3) is 0.545. The molecule has 1 heterocycles. The molecule has 0 radical (unpaired) electrons. The lowest BCUT2D eigenvalue weighted by atomic mass is 9.81. The van der Waals surface area contributed by atoms with Gasteiger partial charge < -0.3 is 10.1 Å². The third kappa shape index (κ3) is 4.04. The summed E-state index contributed by atoms with van der Waals surface area (Å²) >= 11 is 0. The van der Waals surface area contributed by atoms with Crippen molar-refractivity contribution in [3.8, 4) is 0 Å². The number of fused-ring (bicyclic) bond motifs is 2. The molecule has 1 aromatic carbocycles. The summed E-state index contributed by atoms with van der Waals surface area (Å²) in [6.07, 6.45) is 6.10. The fourth-order valence-electron chi connectivity index (χ4n) is 4.85. The first-order valence-corrected chi connectivity index (χ1v) is 10.4. The zero-order chi connectivity index (χ0) is 20.4. The maximum absolute atomic E-state index is 12.4. The summed E-state index contributed by atoms with van der Waals surface area (Å²) in [6, 6.07) is 7.92. The number of amides is 3. The molecule has 1 aromatic rings. The van der Waals surface area contributed by atoms with Crippen LogP contribution in [0.2, 0.25) is 0 Å². The minimum absolute atomic E-state index is 0.0870. The molecule has 0 unspecified atom stereocenters. The van der Waals surface area contributed by atoms with Gasteiger partial charge in [0.05, 0.1) is 17.9 Å². The van der Waals surface area contributed by atoms with Crippen molar-refractivity contribution >= 4 is 23.7 Å². The third-order valence-corrected chi connectivity index (χ3v) is 6.29. The SMILES string of the molecule is O=C(COC(=O)CN1C(=O)[C@H]2CCCC[C@H]2C1=O)N[C@@H]1CCCc2ccccc21. The molecule has 0 bridgehead atoms. The van der Waals surface area contributed by atoms with E-state index in [4.69, 9.17) is 4.74 Å². The number of carbonyl (C=O) groups excluding carboxylic acids is 4. The van der Waals surface area contributed by atoms with Crippen molar-refractivity contribution < 1.29 is 23.9 Å². The van der Waals surface area contributed by atoms with Crippen molar-refractivity contribution in [1.82, 2.24) is 10.2 Å². The number of imide groups is 1. The van der Waals surface area contributed by atoms with Crippen LogP contribution in [0.4, 0.5) is 0 Å². The molecular weight excluding hydrogens is 372 g/mol. The zero-order valence-electron chi connectivity index (χ0n) is 16.4. The highest BCUT2D eigenvalue weighted by molar-refractivity contribution is 6.07. The number of nitrogens with one attached hydrogen (secondary N) is 1. The van der Waals surface area contributed by atoms with Gasteiger partial charge in [-0.1, -0.05) is 37.1 Å². The summed E-state index contributed by atoms with van der Waals surface area (Å²) in [7, 11) is 0. The molecule has 1 saturated carbocycles. The Morgan fingerprint density at radius 1 is 1.00 bits per heavy atom. The second kappa shape index (κ2) is 8.35. The van der Waals surface area contributed by atoms with Crippen LogP contribution in [0.25, 0.3) is 0 Å². The van der Waals surface area contributed by atoms with Crippen molar-refractivity contribution in [3.63, 3.8) is 0 Å². The van der Waals surface area contributed by atoms with Gasteiger partial charge in [-0.3, -0.25) is 24.1 Å². The Bertz CT molecular complexity index is 812. The Morgan fingerprint density at radius 3 is 2.41 bits per heavy atom. The zero-order valence-corrected chi connectivity index (χ0v) is 16.4. The maximum Gasteiger partial charge on any atom is 0.326 e. The van der Waals surface area contributed by atoms with E-state index in [9.17, 15) is 19.2 Å². The highest BCUT2D eigenvalue weighted by atomic mass is 16.5. The smallest absolute Gasteiger partial charge is 0.326 e. The Labute approximate surface area is 169 Å². The molecule has 29 heavy (non-hydrogen) atoms. The topological polar surface area (TPSA) is 92.8 Å². The van der Waals surface area contributed by atoms with Crippen LogP contribution >= 0.6 is 0 Å². The molecule has 3 amide bonds. The number of esters is 1. The quantitative estimate of drug-likeness (QED) is 0.604. The van der Waals surface area contributed by atoms with E-state index in [1.54, 1.807) is 0 Å². The highest BCUT2D eigenvalue weighted by Gasteiger charge is 2.48. The molecule has 2 fully saturated rings. The van der Waals surface area contributed by atoms with Crippen LogP contribution in [0, 0.1) is 11.8 Å². The first-order chi connectivity index (χ1) is 14.0. The summed E-state index contributed by atoms with van der Waals surface area (Å²) in [5, 5.41) is 2.92. The van der Waals surface area contributed by atoms with E-state index in [1.165, 1.54) is 5.56 Å². The van der Waals surface area contributed by atoms with Crippen molar-refractivity contribution in [3.05, 3.63) is 35.4 Å². The van der Waals surface area contributed by atoms with Gasteiger partial charge in [0.1, 0.15) is 6.54 Å². The van der Waals surface area contributed by atoms with E-state index < -0.39 is 19.1 Å². The molecule has 2 aliphatic carbocycles. The molecule has 3 aliphatic rings. The Kier molecular flexibility index (Phi) is 5.65. The molecule has 4 rings (SSSR count). The van der Waals surface area contributed by atoms with Crippen LogP contribution in [-0.2, 0) is 30.3 Å². The average molecular weight is 398 g/mol. The Balaban J connectivity index is 1.27. The minimum Gasteiger partial charge on any atom is -0.454 e. The van der Waals surface area contributed by atoms with Gasteiger partial charge in [0.25, 0.3) is 5.91 Å². The van der Waals surface area contributed by atoms with E-state index in [1.807, 2.05) is 18.2 Å². The van der Waals surface area contributed by atoms with Gasteiger partial charge in [0.15, 0.2) is 6.61 Å². The predicted octanol–water partition coefficient (Wildman–Crippen LogP) is 1.90. The van der Waals surface area contributed by atoms with Gasteiger partial charge in [-0.25, -0.2) is 0 Å². The first-order valence-electron chi connectivity index (χ1n) is 10.4. The number of aryl methyl sites for hydroxylation is 1. The maximum atomic E-state index is 12.4. The lowest BCUT2D eigenvalue weighted by Crippen LogP contribution is -2.38. The number of carbonyl (C=O) groups is 4. The van der Waals surface area contributed by atoms with Crippen molar-refractivity contribution in [2.75, 3.05) is 13.2 Å². The van der Waals surface area contributed by atoms with Gasteiger partial charge >= 0.3 is 5.97 Å². The number of rotatable bonds is 5. The summed E-state index contributed by atoms with van der Waals surface area (Å²) in [6.45, 7) is -0.829. The van der Waals surface area contributed by atoms with Crippen LogP contribution in [0.1, 0.15) is 55.7 Å². The molecule has 154 valence electrons. The molecule has 3 atom stereocenters. The lowest BCUT2D eigenvalue weighted by Gasteiger charge is -2.26. The van der Waals surface area contributed by atoms with Crippen LogP contribution in [0.5, 0.6) is 0 Å². The van der Waals surface area contributed by atoms with Crippen LogP contribution < -0.4 is 5.32 Å². The molecule has 7 nitrogen and oxygen atoms in total. The average Bonchev–Trinajstić information content (AvgIpc) is 2.98. The van der Waals surface area contributed by atoms with E-state index >= 15 is 0 Å². The standard InChI is InChI=1S/C22H26N2O5/c25-19(23-18-11-5-7-14-6-1-2-8-15(14)18)13-29-20(26)12-24-21(27)16-9-3-4-10-17(16)22(24)28/h1-2,6,8,16-18H,3-5,7,9-13H2,(H,23,25)/t16-,17+,18-/m1/s1. The second-order valence-electron chi connectivity index (χ2n) is 8.13. The van der Waals surface area contributed by atoms with Crippen molar-refractivity contribution in [2.24, 2.45) is 11.8 Å². The fourth-order valence-corrected chi connectivity index (χ4v) is 4.85. The summed E-state index contributed by atoms with van der Waals surface area (Å²) in [4.78, 5) is 50.3. The molecule has 1 saturated heterocycles. The number of benzene rings is 1. The lowest BCUT2D eigenvalue weighted by molar-refractivity contribution is -0.155. The minimum atomic E-state index is -0.732. The van der Waals surface area contributed by atoms with Crippen LogP contribution in [-0.4, -0.2) is 41.7 Å². The Morgan fingerprint density at radius 2 is 1.69 bits per heavy atom. The monoisotopic (exact) mass is 398 g/mol. The molecule has 0 spiro atoms. The van der Waals surface area contributed by atoms with Crippen LogP contribution in [0.15, 0.2) is 24.3 Å². The number of hydrogen-bond acceptors (Lipinski definition) is 5. The molecular formula is C22H26N2O5. The number of likely N-dealkylation sites (tertiary alicyclic amines) is 1. The summed E-state index contributed by atoms with van der Waals surface area (Å²) < 4.78 is 5.05. The van der Waals surface area contributed by atoms with Crippen LogP contribution in [0.3, 0.4) is 0 Å². The van der Waals surface area contributed by atoms with Gasteiger partial charge in [-0.05, 0) is 43.2 Å². The molecule has 7 heteroatoms. The predicted molar refractivity (Wildman–Crippen MR) is 103 cm³/mol. The van der Waals surface area contributed by atoms with E-state index in [-0.39, 0.29) is 35.6 Å². The Hall–Kier alpha value is -2.70. The second-order valence-corrected chi connectivity index (χ2v) is 8.13. The number of nitrogens with zero attached hydrogens (tertiary/aromatic N) is 1. The first kappa shape index (κ1) is 19.6. The van der Waals surface area contributed by atoms with E-state index in [2.05, 4.69) is 11.4 Å². The normalized spacial score (nSPS) is 25.9. The molecule has 1 aliphatic heterocycles. The summed E-state index contributed by atoms with van der Waals surface area (Å²) in [5.41, 5.74) is 2.34. The van der Waals surface area contributed by atoms with Gasteiger partial charge in [0, 0.05) is 0 Å².